The molecule has 28 heavy (non-hydrogen) atoms. The van der Waals surface area contributed by atoms with Crippen LogP contribution < -0.4 is 10.6 Å². The van der Waals surface area contributed by atoms with Crippen molar-refractivity contribution in [2.75, 3.05) is 23.4 Å². The van der Waals surface area contributed by atoms with Crippen LogP contribution in [0.3, 0.4) is 0 Å². The number of halogens is 1. The van der Waals surface area contributed by atoms with Gasteiger partial charge in [-0.25, -0.2) is 0 Å². The van der Waals surface area contributed by atoms with Gasteiger partial charge >= 0.3 is 0 Å². The SMILES string of the molecule is O=C(CSCC(=O)Nc1cccc(Br)c1)NCCc1nnc2n1CCCCC2. The number of benzene rings is 1. The quantitative estimate of drug-likeness (QED) is 0.625. The van der Waals surface area contributed by atoms with Gasteiger partial charge in [-0.3, -0.25) is 9.59 Å². The highest BCUT2D eigenvalue weighted by Gasteiger charge is 2.14. The number of amides is 2. The average Bonchev–Trinajstić information content (AvgIpc) is 2.88. The molecular weight excluding hydrogens is 442 g/mol. The third-order valence-corrected chi connectivity index (χ3v) is 5.86. The van der Waals surface area contributed by atoms with Crippen LogP contribution in [-0.4, -0.2) is 44.6 Å². The molecule has 9 heteroatoms. The number of aromatic nitrogens is 3. The summed E-state index contributed by atoms with van der Waals surface area (Å²) < 4.78 is 3.10. The van der Waals surface area contributed by atoms with E-state index in [1.54, 1.807) is 0 Å². The van der Waals surface area contributed by atoms with Crippen LogP contribution in [0.4, 0.5) is 5.69 Å². The molecule has 1 aliphatic heterocycles. The van der Waals surface area contributed by atoms with Crippen LogP contribution in [0, 0.1) is 0 Å². The number of aryl methyl sites for hydroxylation is 1. The van der Waals surface area contributed by atoms with Crippen LogP contribution >= 0.6 is 27.7 Å². The highest BCUT2D eigenvalue weighted by atomic mass is 79.9. The lowest BCUT2D eigenvalue weighted by molar-refractivity contribution is -0.118. The molecule has 0 saturated carbocycles. The second-order valence-corrected chi connectivity index (χ2v) is 8.55. The summed E-state index contributed by atoms with van der Waals surface area (Å²) >= 11 is 4.66. The Bertz CT molecular complexity index is 826. The average molecular weight is 466 g/mol. The molecule has 2 N–H and O–H groups in total. The molecule has 0 saturated heterocycles. The van der Waals surface area contributed by atoms with Gasteiger partial charge in [0.2, 0.25) is 11.8 Å². The summed E-state index contributed by atoms with van der Waals surface area (Å²) in [7, 11) is 0. The minimum absolute atomic E-state index is 0.0733. The molecule has 1 aliphatic rings. The van der Waals surface area contributed by atoms with Gasteiger partial charge < -0.3 is 15.2 Å². The van der Waals surface area contributed by atoms with Gasteiger partial charge in [0.15, 0.2) is 0 Å². The maximum atomic E-state index is 12.0. The molecule has 7 nitrogen and oxygen atoms in total. The molecule has 0 atom stereocenters. The number of nitrogens with one attached hydrogen (secondary N) is 2. The fraction of sp³-hybridized carbons (Fsp3) is 0.474. The Labute approximate surface area is 177 Å². The molecule has 2 amide bonds. The maximum Gasteiger partial charge on any atom is 0.234 e. The van der Waals surface area contributed by atoms with Crippen molar-refractivity contribution in [2.45, 2.75) is 38.6 Å². The molecule has 0 radical (unpaired) electrons. The maximum absolute atomic E-state index is 12.0. The predicted octanol–water partition coefficient (Wildman–Crippen LogP) is 2.80. The van der Waals surface area contributed by atoms with Crippen LogP contribution in [0.1, 0.15) is 30.9 Å². The molecule has 0 spiro atoms. The third kappa shape index (κ3) is 6.34. The van der Waals surface area contributed by atoms with E-state index in [4.69, 9.17) is 0 Å². The number of anilines is 1. The standard InChI is InChI=1S/C19H24BrN5O2S/c20-14-5-4-6-15(11-14)22-19(27)13-28-12-18(26)21-9-8-17-24-23-16-7-2-1-3-10-25(16)17/h4-6,11H,1-3,7-10,12-13H2,(H,21,26)(H,22,27). The van der Waals surface area contributed by atoms with Crippen LogP contribution in [0.5, 0.6) is 0 Å². The number of nitrogens with zero attached hydrogens (tertiary/aromatic N) is 3. The van der Waals surface area contributed by atoms with Crippen molar-refractivity contribution in [1.82, 2.24) is 20.1 Å². The van der Waals surface area contributed by atoms with Crippen molar-refractivity contribution in [3.8, 4) is 0 Å². The molecular formula is C19H24BrN5O2S. The summed E-state index contributed by atoms with van der Waals surface area (Å²) in [6.45, 7) is 1.50. The second kappa shape index (κ2) is 10.6. The topological polar surface area (TPSA) is 88.9 Å². The first-order chi connectivity index (χ1) is 13.6. The number of carbonyl (C=O) groups excluding carboxylic acids is 2. The van der Waals surface area contributed by atoms with E-state index in [0.717, 1.165) is 41.2 Å². The molecule has 0 fully saturated rings. The number of fused-ring (bicyclic) bond motifs is 1. The molecule has 150 valence electrons. The summed E-state index contributed by atoms with van der Waals surface area (Å²) in [6.07, 6.45) is 5.21. The van der Waals surface area contributed by atoms with Crippen LogP contribution in [0.25, 0.3) is 0 Å². The molecule has 2 aromatic rings. The summed E-state index contributed by atoms with van der Waals surface area (Å²) in [5.74, 6) is 2.29. The normalized spacial score (nSPS) is 13.5. The van der Waals surface area contributed by atoms with Gasteiger partial charge in [0.05, 0.1) is 11.5 Å². The zero-order chi connectivity index (χ0) is 19.8. The molecule has 2 heterocycles. The van der Waals surface area contributed by atoms with Gasteiger partial charge in [-0.1, -0.05) is 28.4 Å². The van der Waals surface area contributed by atoms with E-state index in [0.29, 0.717) is 13.0 Å². The molecule has 0 bridgehead atoms. The van der Waals surface area contributed by atoms with Gasteiger partial charge in [-0.15, -0.1) is 22.0 Å². The lowest BCUT2D eigenvalue weighted by Gasteiger charge is -2.08. The highest BCUT2D eigenvalue weighted by Crippen LogP contribution is 2.16. The van der Waals surface area contributed by atoms with E-state index >= 15 is 0 Å². The Kier molecular flexibility index (Phi) is 7.90. The zero-order valence-corrected chi connectivity index (χ0v) is 18.0. The second-order valence-electron chi connectivity index (χ2n) is 6.65. The summed E-state index contributed by atoms with van der Waals surface area (Å²) in [5.41, 5.74) is 0.733. The largest absolute Gasteiger partial charge is 0.355 e. The van der Waals surface area contributed by atoms with Crippen molar-refractivity contribution in [2.24, 2.45) is 0 Å². The number of carbonyl (C=O) groups is 2. The minimum atomic E-state index is -0.123. The first kappa shape index (κ1) is 20.9. The monoisotopic (exact) mass is 465 g/mol. The van der Waals surface area contributed by atoms with Crippen LogP contribution in [0.15, 0.2) is 28.7 Å². The number of rotatable bonds is 8. The lowest BCUT2D eigenvalue weighted by Crippen LogP contribution is -2.28. The number of hydrogen-bond donors (Lipinski definition) is 2. The number of hydrogen-bond acceptors (Lipinski definition) is 5. The summed E-state index contributed by atoms with van der Waals surface area (Å²) in [5, 5.41) is 14.2. The van der Waals surface area contributed by atoms with Gasteiger partial charge in [0.1, 0.15) is 11.6 Å². The van der Waals surface area contributed by atoms with E-state index < -0.39 is 0 Å². The Morgan fingerprint density at radius 2 is 2.00 bits per heavy atom. The van der Waals surface area contributed by atoms with Crippen molar-refractivity contribution in [3.05, 3.63) is 40.4 Å². The van der Waals surface area contributed by atoms with Gasteiger partial charge in [-0.2, -0.15) is 0 Å². The lowest BCUT2D eigenvalue weighted by atomic mass is 10.2. The first-order valence-electron chi connectivity index (χ1n) is 9.42. The fourth-order valence-corrected chi connectivity index (χ4v) is 4.14. The molecule has 0 aliphatic carbocycles. The first-order valence-corrected chi connectivity index (χ1v) is 11.4. The molecule has 3 rings (SSSR count). The molecule has 1 aromatic carbocycles. The Morgan fingerprint density at radius 3 is 2.86 bits per heavy atom. The molecule has 1 aromatic heterocycles. The highest BCUT2D eigenvalue weighted by molar-refractivity contribution is 9.10. The van der Waals surface area contributed by atoms with Crippen molar-refractivity contribution < 1.29 is 9.59 Å². The van der Waals surface area contributed by atoms with Gasteiger partial charge in [0, 0.05) is 36.1 Å². The molecule has 0 unspecified atom stereocenters. The van der Waals surface area contributed by atoms with Crippen LogP contribution in [0.2, 0.25) is 0 Å². The Morgan fingerprint density at radius 1 is 1.14 bits per heavy atom. The minimum Gasteiger partial charge on any atom is -0.355 e. The Hall–Kier alpha value is -1.87. The van der Waals surface area contributed by atoms with Crippen molar-refractivity contribution >= 4 is 45.2 Å². The predicted molar refractivity (Wildman–Crippen MR) is 114 cm³/mol. The van der Waals surface area contributed by atoms with E-state index in [1.165, 1.54) is 24.6 Å². The van der Waals surface area contributed by atoms with Gasteiger partial charge in [0.25, 0.3) is 0 Å². The number of thioether (sulfide) groups is 1. The van der Waals surface area contributed by atoms with E-state index in [1.807, 2.05) is 24.3 Å². The Balaban J connectivity index is 1.33. The summed E-state index contributed by atoms with van der Waals surface area (Å²) in [6, 6.07) is 7.41. The van der Waals surface area contributed by atoms with E-state index in [2.05, 4.69) is 41.3 Å². The van der Waals surface area contributed by atoms with E-state index in [-0.39, 0.29) is 23.3 Å². The van der Waals surface area contributed by atoms with Crippen LogP contribution in [-0.2, 0) is 29.0 Å². The van der Waals surface area contributed by atoms with Gasteiger partial charge in [-0.05, 0) is 31.0 Å². The van der Waals surface area contributed by atoms with Crippen molar-refractivity contribution in [1.29, 1.82) is 0 Å². The fourth-order valence-electron chi connectivity index (χ4n) is 3.09. The summed E-state index contributed by atoms with van der Waals surface area (Å²) in [4.78, 5) is 23.9. The third-order valence-electron chi connectivity index (χ3n) is 4.43. The van der Waals surface area contributed by atoms with E-state index in [9.17, 15) is 9.59 Å². The van der Waals surface area contributed by atoms with Crippen molar-refractivity contribution in [3.63, 3.8) is 0 Å². The smallest absolute Gasteiger partial charge is 0.234 e. The zero-order valence-electron chi connectivity index (χ0n) is 15.6.